The summed E-state index contributed by atoms with van der Waals surface area (Å²) in [5.41, 5.74) is 8.66. The standard InChI is InChI=1S/C25H31N3O/c1-23(2)16-28(11-9-21(23)27)22(29)25-13-17-12-24(15-25,18-6-4-3-5-7-18)14-20(25)19(17)8-10-26/h3-8,17,20-21H,9,11-16,27H2,1-2H3/b19-8-/t17?,20?,21-,24?,25?/m0/s1. The van der Waals surface area contributed by atoms with E-state index in [4.69, 9.17) is 5.73 Å². The molecule has 4 bridgehead atoms. The maximum Gasteiger partial charge on any atom is 0.229 e. The highest BCUT2D eigenvalue weighted by Gasteiger charge is 2.69. The summed E-state index contributed by atoms with van der Waals surface area (Å²) in [5, 5.41) is 9.40. The Morgan fingerprint density at radius 3 is 2.69 bits per heavy atom. The quantitative estimate of drug-likeness (QED) is 0.783. The van der Waals surface area contributed by atoms with Crippen molar-refractivity contribution in [2.45, 2.75) is 57.4 Å². The summed E-state index contributed by atoms with van der Waals surface area (Å²) in [7, 11) is 0. The highest BCUT2D eigenvalue weighted by molar-refractivity contribution is 5.86. The van der Waals surface area contributed by atoms with E-state index in [-0.39, 0.29) is 28.2 Å². The molecule has 4 heteroatoms. The van der Waals surface area contributed by atoms with Gasteiger partial charge in [0, 0.05) is 25.2 Å². The van der Waals surface area contributed by atoms with Crippen molar-refractivity contribution < 1.29 is 4.79 Å². The average molecular weight is 390 g/mol. The molecule has 0 aromatic heterocycles. The Morgan fingerprint density at radius 1 is 1.24 bits per heavy atom. The van der Waals surface area contributed by atoms with Crippen molar-refractivity contribution in [3.63, 3.8) is 0 Å². The average Bonchev–Trinajstić information content (AvgIpc) is 3.08. The Bertz CT molecular complexity index is 914. The molecule has 1 aromatic carbocycles. The number of piperidine rings is 1. The van der Waals surface area contributed by atoms with E-state index in [1.165, 1.54) is 11.1 Å². The Kier molecular flexibility index (Phi) is 4.03. The van der Waals surface area contributed by atoms with Crippen molar-refractivity contribution >= 4 is 5.91 Å². The van der Waals surface area contributed by atoms with E-state index in [1.54, 1.807) is 6.08 Å². The van der Waals surface area contributed by atoms with Crippen LogP contribution in [0.25, 0.3) is 0 Å². The zero-order chi connectivity index (χ0) is 20.4. The number of nitrogens with two attached hydrogens (primary N) is 1. The van der Waals surface area contributed by atoms with Crippen LogP contribution in [0.3, 0.4) is 0 Å². The predicted molar refractivity (Wildman–Crippen MR) is 113 cm³/mol. The summed E-state index contributed by atoms with van der Waals surface area (Å²) in [5.74, 6) is 0.907. The van der Waals surface area contributed by atoms with Crippen LogP contribution in [0.1, 0.15) is 51.5 Å². The van der Waals surface area contributed by atoms with Crippen LogP contribution < -0.4 is 5.73 Å². The van der Waals surface area contributed by atoms with Gasteiger partial charge in [0.25, 0.3) is 0 Å². The topological polar surface area (TPSA) is 70.1 Å². The minimum absolute atomic E-state index is 0.0530. The summed E-state index contributed by atoms with van der Waals surface area (Å²) in [4.78, 5) is 16.2. The third-order valence-electron chi connectivity index (χ3n) is 8.68. The molecule has 152 valence electrons. The summed E-state index contributed by atoms with van der Waals surface area (Å²) in [6, 6.07) is 13.2. The molecule has 6 rings (SSSR count). The van der Waals surface area contributed by atoms with Crippen LogP contribution >= 0.6 is 0 Å². The fourth-order valence-electron chi connectivity index (χ4n) is 7.29. The minimum atomic E-state index is -0.334. The maximum atomic E-state index is 14.1. The van der Waals surface area contributed by atoms with Gasteiger partial charge in [-0.25, -0.2) is 0 Å². The molecule has 4 saturated carbocycles. The second-order valence-corrected chi connectivity index (χ2v) is 10.7. The zero-order valence-corrected chi connectivity index (χ0v) is 17.5. The monoisotopic (exact) mass is 389 g/mol. The number of amides is 1. The summed E-state index contributed by atoms with van der Waals surface area (Å²) in [6.07, 6.45) is 6.56. The fourth-order valence-corrected chi connectivity index (χ4v) is 7.29. The van der Waals surface area contributed by atoms with E-state index in [0.717, 1.165) is 45.2 Å². The summed E-state index contributed by atoms with van der Waals surface area (Å²) >= 11 is 0. The highest BCUT2D eigenvalue weighted by Crippen LogP contribution is 2.73. The molecule has 0 radical (unpaired) electrons. The number of hydrogen-bond donors (Lipinski definition) is 1. The second kappa shape index (κ2) is 6.19. The number of nitriles is 1. The molecule has 29 heavy (non-hydrogen) atoms. The van der Waals surface area contributed by atoms with Crippen LogP contribution in [-0.4, -0.2) is 29.9 Å². The SMILES string of the molecule is CC1(C)CN(C(=O)C23CC4CC(c5ccccc5)(CC2/C4=C\C#N)C3)CC[C@@H]1N. The van der Waals surface area contributed by atoms with Crippen LogP contribution in [0.15, 0.2) is 42.0 Å². The maximum absolute atomic E-state index is 14.1. The van der Waals surface area contributed by atoms with Crippen LogP contribution in [-0.2, 0) is 10.2 Å². The van der Waals surface area contributed by atoms with Crippen molar-refractivity contribution in [1.29, 1.82) is 5.26 Å². The molecular formula is C25H31N3O. The number of nitrogens with zero attached hydrogens (tertiary/aromatic N) is 2. The molecular weight excluding hydrogens is 358 g/mol. The van der Waals surface area contributed by atoms with Crippen molar-refractivity contribution in [2.75, 3.05) is 13.1 Å². The molecule has 1 aromatic rings. The molecule has 2 N–H and O–H groups in total. The molecule has 1 heterocycles. The molecule has 4 aliphatic carbocycles. The van der Waals surface area contributed by atoms with E-state index in [1.807, 2.05) is 0 Å². The van der Waals surface area contributed by atoms with Gasteiger partial charge in [0.2, 0.25) is 5.91 Å². The number of carbonyl (C=O) groups is 1. The van der Waals surface area contributed by atoms with Gasteiger partial charge >= 0.3 is 0 Å². The number of rotatable bonds is 2. The van der Waals surface area contributed by atoms with Crippen LogP contribution in [0.5, 0.6) is 0 Å². The van der Waals surface area contributed by atoms with Crippen molar-refractivity contribution in [2.24, 2.45) is 28.4 Å². The van der Waals surface area contributed by atoms with Gasteiger partial charge in [-0.3, -0.25) is 4.79 Å². The van der Waals surface area contributed by atoms with E-state index >= 15 is 0 Å². The van der Waals surface area contributed by atoms with Crippen molar-refractivity contribution in [3.8, 4) is 6.07 Å². The largest absolute Gasteiger partial charge is 0.342 e. The third kappa shape index (κ3) is 2.56. The van der Waals surface area contributed by atoms with Crippen LogP contribution in [0, 0.1) is 34.0 Å². The van der Waals surface area contributed by atoms with Gasteiger partial charge in [-0.05, 0) is 60.3 Å². The fraction of sp³-hybridized carbons (Fsp3) is 0.600. The van der Waals surface area contributed by atoms with Gasteiger partial charge in [-0.15, -0.1) is 0 Å². The first kappa shape index (κ1) is 18.9. The first-order valence-corrected chi connectivity index (χ1v) is 11.0. The Labute approximate surface area is 173 Å². The number of allylic oxidation sites excluding steroid dienone is 2. The number of carbonyl (C=O) groups excluding carboxylic acids is 1. The molecule has 0 spiro atoms. The van der Waals surface area contributed by atoms with Gasteiger partial charge in [0.1, 0.15) is 0 Å². The number of likely N-dealkylation sites (tertiary alicyclic amines) is 1. The van der Waals surface area contributed by atoms with Crippen LogP contribution in [0.4, 0.5) is 0 Å². The predicted octanol–water partition coefficient (Wildman–Crippen LogP) is 3.78. The molecule has 5 fully saturated rings. The van der Waals surface area contributed by atoms with Crippen molar-refractivity contribution in [3.05, 3.63) is 47.5 Å². The van der Waals surface area contributed by atoms with Gasteiger partial charge < -0.3 is 10.6 Å². The molecule has 1 aliphatic heterocycles. The lowest BCUT2D eigenvalue weighted by Crippen LogP contribution is -2.57. The van der Waals surface area contributed by atoms with Gasteiger partial charge in [0.05, 0.1) is 11.5 Å². The first-order valence-electron chi connectivity index (χ1n) is 11.0. The lowest BCUT2D eigenvalue weighted by molar-refractivity contribution is -0.147. The molecule has 1 amide bonds. The van der Waals surface area contributed by atoms with E-state index in [0.29, 0.717) is 11.8 Å². The van der Waals surface area contributed by atoms with Gasteiger partial charge in [0.15, 0.2) is 0 Å². The second-order valence-electron chi connectivity index (χ2n) is 10.7. The lowest BCUT2D eigenvalue weighted by atomic mass is 9.62. The Hall–Kier alpha value is -2.12. The molecule has 4 nitrogen and oxygen atoms in total. The number of benzene rings is 1. The zero-order valence-electron chi connectivity index (χ0n) is 17.5. The Balaban J connectivity index is 1.53. The summed E-state index contributed by atoms with van der Waals surface area (Å²) in [6.45, 7) is 5.86. The minimum Gasteiger partial charge on any atom is -0.342 e. The van der Waals surface area contributed by atoms with E-state index in [9.17, 15) is 10.1 Å². The van der Waals surface area contributed by atoms with E-state index in [2.05, 4.69) is 55.1 Å². The molecule has 4 unspecified atom stereocenters. The lowest BCUT2D eigenvalue weighted by Gasteiger charge is -2.47. The first-order chi connectivity index (χ1) is 13.8. The number of hydrogen-bond acceptors (Lipinski definition) is 3. The van der Waals surface area contributed by atoms with Crippen molar-refractivity contribution in [1.82, 2.24) is 4.90 Å². The van der Waals surface area contributed by atoms with Gasteiger partial charge in [-0.2, -0.15) is 5.26 Å². The summed E-state index contributed by atoms with van der Waals surface area (Å²) < 4.78 is 0. The highest BCUT2D eigenvalue weighted by atomic mass is 16.2. The normalized spacial score (nSPS) is 41.0. The smallest absolute Gasteiger partial charge is 0.229 e. The molecule has 1 saturated heterocycles. The Morgan fingerprint density at radius 2 is 2.00 bits per heavy atom. The van der Waals surface area contributed by atoms with Gasteiger partial charge in [-0.1, -0.05) is 49.8 Å². The molecule has 5 aliphatic rings. The van der Waals surface area contributed by atoms with Crippen LogP contribution in [0.2, 0.25) is 0 Å². The third-order valence-corrected chi connectivity index (χ3v) is 8.68. The van der Waals surface area contributed by atoms with E-state index < -0.39 is 0 Å². The molecule has 5 atom stereocenters.